The Balaban J connectivity index is 2.37. The van der Waals surface area contributed by atoms with Crippen molar-refractivity contribution >= 4 is 5.78 Å². The zero-order valence-corrected chi connectivity index (χ0v) is 9.96. The minimum atomic E-state index is -0.826. The molecule has 4 heteroatoms. The molecule has 0 bridgehead atoms. The van der Waals surface area contributed by atoms with Crippen LogP contribution < -0.4 is 4.74 Å². The third-order valence-electron chi connectivity index (χ3n) is 3.39. The number of ketones is 1. The van der Waals surface area contributed by atoms with E-state index in [-0.39, 0.29) is 17.1 Å². The average molecular weight is 238 g/mol. The number of hydrogen-bond donors (Lipinski definition) is 0. The fourth-order valence-electron chi connectivity index (χ4n) is 2.11. The smallest absolute Gasteiger partial charge is 0.197 e. The van der Waals surface area contributed by atoms with Gasteiger partial charge in [0.25, 0.3) is 0 Å². The summed E-state index contributed by atoms with van der Waals surface area (Å²) in [5, 5.41) is 0. The maximum atomic E-state index is 13.9. The molecule has 0 aromatic heterocycles. The van der Waals surface area contributed by atoms with Gasteiger partial charge in [0, 0.05) is 7.11 Å². The van der Waals surface area contributed by atoms with Crippen molar-refractivity contribution < 1.29 is 18.7 Å². The highest BCUT2D eigenvalue weighted by Gasteiger charge is 2.45. The van der Waals surface area contributed by atoms with Crippen molar-refractivity contribution in [1.29, 1.82) is 0 Å². The van der Waals surface area contributed by atoms with Crippen LogP contribution in [0.15, 0.2) is 18.2 Å². The molecule has 0 spiro atoms. The molecule has 0 radical (unpaired) electrons. The van der Waals surface area contributed by atoms with E-state index in [1.807, 2.05) is 0 Å². The van der Waals surface area contributed by atoms with Crippen LogP contribution in [0.5, 0.6) is 5.75 Å². The summed E-state index contributed by atoms with van der Waals surface area (Å²) in [7, 11) is 2.87. The molecule has 1 aromatic carbocycles. The third kappa shape index (κ3) is 1.82. The molecular weight excluding hydrogens is 223 g/mol. The van der Waals surface area contributed by atoms with E-state index < -0.39 is 11.4 Å². The number of hydrogen-bond acceptors (Lipinski definition) is 3. The van der Waals surface area contributed by atoms with Crippen LogP contribution in [0.1, 0.15) is 29.6 Å². The Morgan fingerprint density at radius 1 is 1.35 bits per heavy atom. The predicted molar refractivity (Wildman–Crippen MR) is 60.9 cm³/mol. The van der Waals surface area contributed by atoms with E-state index in [4.69, 9.17) is 9.47 Å². The van der Waals surface area contributed by atoms with E-state index in [9.17, 15) is 9.18 Å². The molecule has 1 fully saturated rings. The van der Waals surface area contributed by atoms with Crippen molar-refractivity contribution in [3.63, 3.8) is 0 Å². The van der Waals surface area contributed by atoms with Crippen LogP contribution in [0.25, 0.3) is 0 Å². The normalized spacial score (nSPS) is 17.4. The molecule has 2 rings (SSSR count). The summed E-state index contributed by atoms with van der Waals surface area (Å²) < 4.78 is 24.1. The van der Waals surface area contributed by atoms with Crippen LogP contribution in [-0.4, -0.2) is 25.6 Å². The highest BCUT2D eigenvalue weighted by molar-refractivity contribution is 6.03. The molecule has 0 saturated heterocycles. The molecule has 0 unspecified atom stereocenters. The lowest BCUT2D eigenvalue weighted by Crippen LogP contribution is -2.47. The number of ether oxygens (including phenoxy) is 2. The number of benzene rings is 1. The molecule has 1 saturated carbocycles. The second kappa shape index (κ2) is 4.45. The predicted octanol–water partition coefficient (Wildman–Crippen LogP) is 2.59. The lowest BCUT2D eigenvalue weighted by Gasteiger charge is -2.38. The van der Waals surface area contributed by atoms with Crippen molar-refractivity contribution in [2.75, 3.05) is 14.2 Å². The van der Waals surface area contributed by atoms with Gasteiger partial charge in [-0.15, -0.1) is 0 Å². The van der Waals surface area contributed by atoms with E-state index in [1.54, 1.807) is 6.07 Å². The van der Waals surface area contributed by atoms with Gasteiger partial charge in [0.15, 0.2) is 17.3 Å². The Labute approximate surface area is 99.5 Å². The average Bonchev–Trinajstić information content (AvgIpc) is 2.28. The van der Waals surface area contributed by atoms with Crippen LogP contribution in [-0.2, 0) is 4.74 Å². The number of carbonyl (C=O) groups is 1. The SMILES string of the molecule is COc1cccc(C(=O)C2(OC)CCC2)c1F. The molecule has 0 heterocycles. The molecule has 1 aliphatic carbocycles. The summed E-state index contributed by atoms with van der Waals surface area (Å²) in [6, 6.07) is 4.57. The molecule has 92 valence electrons. The quantitative estimate of drug-likeness (QED) is 0.756. The monoisotopic (exact) mass is 238 g/mol. The Hall–Kier alpha value is -1.42. The van der Waals surface area contributed by atoms with Crippen molar-refractivity contribution in [1.82, 2.24) is 0 Å². The van der Waals surface area contributed by atoms with Gasteiger partial charge in [0.05, 0.1) is 12.7 Å². The van der Waals surface area contributed by atoms with Crippen LogP contribution in [0.2, 0.25) is 0 Å². The largest absolute Gasteiger partial charge is 0.494 e. The van der Waals surface area contributed by atoms with Crippen molar-refractivity contribution in [2.45, 2.75) is 24.9 Å². The summed E-state index contributed by atoms with van der Waals surface area (Å²) in [6.07, 6.45) is 2.24. The molecule has 17 heavy (non-hydrogen) atoms. The topological polar surface area (TPSA) is 35.5 Å². The zero-order chi connectivity index (χ0) is 12.5. The summed E-state index contributed by atoms with van der Waals surface area (Å²) in [4.78, 5) is 12.2. The van der Waals surface area contributed by atoms with Gasteiger partial charge in [-0.3, -0.25) is 4.79 Å². The summed E-state index contributed by atoms with van der Waals surface area (Å²) in [5.74, 6) is -0.813. The first-order chi connectivity index (χ1) is 8.14. The van der Waals surface area contributed by atoms with Crippen molar-refractivity contribution in [3.05, 3.63) is 29.6 Å². The summed E-state index contributed by atoms with van der Waals surface area (Å²) in [6.45, 7) is 0. The molecular formula is C13H15FO3. The summed E-state index contributed by atoms with van der Waals surface area (Å²) >= 11 is 0. The minimum Gasteiger partial charge on any atom is -0.494 e. The zero-order valence-electron chi connectivity index (χ0n) is 9.96. The molecule has 1 aromatic rings. The summed E-state index contributed by atoms with van der Waals surface area (Å²) in [5.41, 5.74) is -0.779. The fourth-order valence-corrected chi connectivity index (χ4v) is 2.11. The number of methoxy groups -OCH3 is 2. The lowest BCUT2D eigenvalue weighted by atomic mass is 9.74. The maximum absolute atomic E-state index is 13.9. The Bertz CT molecular complexity index is 433. The maximum Gasteiger partial charge on any atom is 0.197 e. The minimum absolute atomic E-state index is 0.0471. The van der Waals surface area contributed by atoms with Gasteiger partial charge in [-0.05, 0) is 31.4 Å². The van der Waals surface area contributed by atoms with Crippen LogP contribution >= 0.6 is 0 Å². The van der Waals surface area contributed by atoms with Gasteiger partial charge in [-0.25, -0.2) is 4.39 Å². The highest BCUT2D eigenvalue weighted by atomic mass is 19.1. The second-order valence-electron chi connectivity index (χ2n) is 4.20. The van der Waals surface area contributed by atoms with Gasteiger partial charge in [0.1, 0.15) is 5.60 Å². The molecule has 1 aliphatic rings. The Morgan fingerprint density at radius 3 is 2.53 bits per heavy atom. The molecule has 0 amide bonds. The standard InChI is InChI=1S/C13H15FO3/c1-16-10-6-3-5-9(11(10)14)12(15)13(17-2)7-4-8-13/h3,5-6H,4,7-8H2,1-2H3. The first kappa shape index (κ1) is 12.0. The Morgan fingerprint density at radius 2 is 2.06 bits per heavy atom. The van der Waals surface area contributed by atoms with Gasteiger partial charge < -0.3 is 9.47 Å². The Kier molecular flexibility index (Phi) is 3.15. The van der Waals surface area contributed by atoms with Crippen LogP contribution in [0.3, 0.4) is 0 Å². The molecule has 3 nitrogen and oxygen atoms in total. The number of rotatable bonds is 4. The van der Waals surface area contributed by atoms with E-state index in [2.05, 4.69) is 0 Å². The van der Waals surface area contributed by atoms with Gasteiger partial charge >= 0.3 is 0 Å². The third-order valence-corrected chi connectivity index (χ3v) is 3.39. The lowest BCUT2D eigenvalue weighted by molar-refractivity contribution is -0.0451. The highest BCUT2D eigenvalue weighted by Crippen LogP contribution is 2.39. The van der Waals surface area contributed by atoms with E-state index in [1.165, 1.54) is 26.4 Å². The second-order valence-corrected chi connectivity index (χ2v) is 4.20. The van der Waals surface area contributed by atoms with E-state index >= 15 is 0 Å². The van der Waals surface area contributed by atoms with Gasteiger partial charge in [-0.1, -0.05) is 6.07 Å². The number of carbonyl (C=O) groups excluding carboxylic acids is 1. The number of Topliss-reactive ketones (excluding diaryl/α,β-unsaturated/α-hetero) is 1. The van der Waals surface area contributed by atoms with E-state index in [0.717, 1.165) is 6.42 Å². The van der Waals surface area contributed by atoms with E-state index in [0.29, 0.717) is 12.8 Å². The first-order valence-corrected chi connectivity index (χ1v) is 5.57. The first-order valence-electron chi connectivity index (χ1n) is 5.57. The molecule has 0 aliphatic heterocycles. The van der Waals surface area contributed by atoms with Crippen molar-refractivity contribution in [2.24, 2.45) is 0 Å². The van der Waals surface area contributed by atoms with Gasteiger partial charge in [-0.2, -0.15) is 0 Å². The van der Waals surface area contributed by atoms with Crippen LogP contribution in [0, 0.1) is 5.82 Å². The molecule has 0 N–H and O–H groups in total. The molecule has 0 atom stereocenters. The fraction of sp³-hybridized carbons (Fsp3) is 0.462. The van der Waals surface area contributed by atoms with Gasteiger partial charge in [0.2, 0.25) is 0 Å². The number of halogens is 1. The van der Waals surface area contributed by atoms with Crippen molar-refractivity contribution in [3.8, 4) is 5.75 Å². The van der Waals surface area contributed by atoms with Crippen LogP contribution in [0.4, 0.5) is 4.39 Å².